The molecule has 234 valence electrons. The Kier molecular flexibility index (Phi) is 3.72. The molecule has 0 aliphatic carbocycles. The third kappa shape index (κ3) is 4.57. The summed E-state index contributed by atoms with van der Waals surface area (Å²) in [6.45, 7) is 0. The van der Waals surface area contributed by atoms with Crippen molar-refractivity contribution in [3.8, 4) is 44.8 Å². The van der Waals surface area contributed by atoms with E-state index in [1.807, 2.05) is 66.7 Å². The van der Waals surface area contributed by atoms with E-state index in [4.69, 9.17) is 19.2 Å². The highest BCUT2D eigenvalue weighted by Gasteiger charge is 2.16. The second kappa shape index (κ2) is 11.5. The van der Waals surface area contributed by atoms with Crippen LogP contribution in [0.25, 0.3) is 88.4 Å². The molecule has 0 amide bonds. The van der Waals surface area contributed by atoms with Crippen LogP contribution in [0.1, 0.15) is 23.3 Å². The Bertz CT molecular complexity index is 3790. The Balaban J connectivity index is 1.16. The van der Waals surface area contributed by atoms with Crippen LogP contribution in [0.15, 0.2) is 194 Å². The van der Waals surface area contributed by atoms with E-state index in [-0.39, 0.29) is 34.6 Å². The Labute approximate surface area is 314 Å². The third-order valence-corrected chi connectivity index (χ3v) is 8.92. The zero-order chi connectivity index (χ0) is 47.8. The highest BCUT2D eigenvalue weighted by Crippen LogP contribution is 2.39. The van der Waals surface area contributed by atoms with Gasteiger partial charge in [0.2, 0.25) is 0 Å². The average molecular weight is 654 g/mol. The molecule has 0 saturated carbocycles. The van der Waals surface area contributed by atoms with Crippen molar-refractivity contribution >= 4 is 43.6 Å². The van der Waals surface area contributed by atoms with Gasteiger partial charge in [-0.2, -0.15) is 0 Å². The van der Waals surface area contributed by atoms with E-state index in [1.165, 1.54) is 0 Å². The summed E-state index contributed by atoms with van der Waals surface area (Å²) in [5, 5.41) is 2.92. The molecule has 0 N–H and O–H groups in total. The monoisotopic (exact) mass is 653 g/mol. The molecule has 0 aliphatic heterocycles. The lowest BCUT2D eigenvalue weighted by Gasteiger charge is -2.11. The second-order valence-electron chi connectivity index (χ2n) is 11.7. The third-order valence-electron chi connectivity index (χ3n) is 8.92. The topological polar surface area (TPSA) is 9.86 Å². The first-order valence-corrected chi connectivity index (χ1v) is 15.8. The van der Waals surface area contributed by atoms with Crippen molar-refractivity contribution < 1.29 is 23.3 Å². The smallest absolute Gasteiger partial charge is 0.0651 e. The molecular weight excluding hydrogens is 605 g/mol. The summed E-state index contributed by atoms with van der Waals surface area (Å²) in [5.74, 6) is 0. The maximum absolute atomic E-state index is 9.42. The van der Waals surface area contributed by atoms with E-state index in [9.17, 15) is 4.11 Å². The van der Waals surface area contributed by atoms with Gasteiger partial charge in [-0.3, -0.25) is 0 Å². The fraction of sp³-hybridized carbons (Fsp3) is 0. The highest BCUT2D eigenvalue weighted by molar-refractivity contribution is 6.12. The van der Waals surface area contributed by atoms with Gasteiger partial charge in [0.1, 0.15) is 0 Å². The van der Waals surface area contributed by atoms with Crippen LogP contribution in [-0.4, -0.2) is 9.13 Å². The first kappa shape index (κ1) is 16.2. The number of nitrogens with zero attached hydrogens (tertiary/aromatic N) is 2. The molecule has 0 saturated heterocycles. The molecule has 8 aromatic carbocycles. The van der Waals surface area contributed by atoms with E-state index in [1.54, 1.807) is 27.3 Å². The van der Waals surface area contributed by atoms with Crippen molar-refractivity contribution in [1.82, 2.24) is 9.13 Å². The summed E-state index contributed by atoms with van der Waals surface area (Å²) >= 11 is 0. The maximum atomic E-state index is 9.42. The number of hydrogen-bond acceptors (Lipinski definition) is 0. The molecule has 0 bridgehead atoms. The second-order valence-corrected chi connectivity index (χ2v) is 11.7. The zero-order valence-electron chi connectivity index (χ0n) is 43.1. The van der Waals surface area contributed by atoms with Crippen molar-refractivity contribution in [3.63, 3.8) is 0 Å². The minimum atomic E-state index is -0.661. The molecule has 0 aliphatic rings. The standard InChI is InChI=1S/C48H32N2/c1-3-12-33(13-4-1)35-22-26-39(27-23-35)49-45-20-9-7-18-41(45)43-31-37(24-28-47(43)49)38-25-29-48-44(32-38)42-19-8-10-21-46(42)50(48)40-17-11-16-36(30-40)34-14-5-2-6-15-34/h1-32H/i1D,2D,3D,4D,5D,6D,11D,12D,13D,14D,16D,17D,22D,23D,26D,27D,30D. The van der Waals surface area contributed by atoms with Gasteiger partial charge < -0.3 is 9.13 Å². The van der Waals surface area contributed by atoms with Gasteiger partial charge in [-0.15, -0.1) is 0 Å². The molecule has 0 unspecified atom stereocenters. The predicted molar refractivity (Wildman–Crippen MR) is 211 cm³/mol. The number of benzene rings is 8. The molecule has 10 rings (SSSR count). The molecule has 0 atom stereocenters. The Morgan fingerprint density at radius 3 is 1.50 bits per heavy atom. The number of para-hydroxylation sites is 2. The highest BCUT2D eigenvalue weighted by atomic mass is 15.0. The predicted octanol–water partition coefficient (Wildman–Crippen LogP) is 12.9. The van der Waals surface area contributed by atoms with Crippen molar-refractivity contribution in [2.24, 2.45) is 0 Å². The van der Waals surface area contributed by atoms with Crippen molar-refractivity contribution in [3.05, 3.63) is 194 Å². The van der Waals surface area contributed by atoms with E-state index >= 15 is 0 Å². The largest absolute Gasteiger partial charge is 0.309 e. The lowest BCUT2D eigenvalue weighted by atomic mass is 10.0. The fourth-order valence-electron chi connectivity index (χ4n) is 6.70. The van der Waals surface area contributed by atoms with Crippen LogP contribution >= 0.6 is 0 Å². The molecule has 50 heavy (non-hydrogen) atoms. The summed E-state index contributed by atoms with van der Waals surface area (Å²) in [7, 11) is 0. The van der Waals surface area contributed by atoms with Gasteiger partial charge in [-0.1, -0.05) is 133 Å². The maximum Gasteiger partial charge on any atom is 0.0651 e. The minimum absolute atomic E-state index is 0.0351. The van der Waals surface area contributed by atoms with Gasteiger partial charge in [0.25, 0.3) is 0 Å². The molecule has 2 nitrogen and oxygen atoms in total. The van der Waals surface area contributed by atoms with Crippen LogP contribution < -0.4 is 0 Å². The normalized spacial score (nSPS) is 16.4. The summed E-state index contributed by atoms with van der Waals surface area (Å²) in [6, 6.07) is 18.0. The lowest BCUT2D eigenvalue weighted by molar-refractivity contribution is 1.18. The summed E-state index contributed by atoms with van der Waals surface area (Å²) < 4.78 is 151. The van der Waals surface area contributed by atoms with E-state index in [2.05, 4.69) is 0 Å². The van der Waals surface area contributed by atoms with Crippen molar-refractivity contribution in [2.75, 3.05) is 0 Å². The van der Waals surface area contributed by atoms with Gasteiger partial charge in [-0.05, 0) is 93.9 Å². The Hall–Kier alpha value is -6.64. The summed E-state index contributed by atoms with van der Waals surface area (Å²) in [6.07, 6.45) is 0. The fourth-order valence-corrected chi connectivity index (χ4v) is 6.70. The van der Waals surface area contributed by atoms with Crippen LogP contribution in [0.3, 0.4) is 0 Å². The number of hydrogen-bond donors (Lipinski definition) is 0. The van der Waals surface area contributed by atoms with Crippen LogP contribution in [0, 0.1) is 0 Å². The van der Waals surface area contributed by atoms with Crippen molar-refractivity contribution in [2.45, 2.75) is 0 Å². The van der Waals surface area contributed by atoms with Gasteiger partial charge in [0.15, 0.2) is 0 Å². The Morgan fingerprint density at radius 2 is 0.840 bits per heavy atom. The van der Waals surface area contributed by atoms with Crippen molar-refractivity contribution in [1.29, 1.82) is 0 Å². The van der Waals surface area contributed by atoms with E-state index < -0.39 is 102 Å². The number of fused-ring (bicyclic) bond motifs is 6. The molecule has 0 radical (unpaired) electrons. The van der Waals surface area contributed by atoms with Crippen LogP contribution in [0.5, 0.6) is 0 Å². The SMILES string of the molecule is [2H]c1cc(-c2c([2H])c([2H])c([2H])c(-n3c4ccccc4c4cc(-c5ccc6c(c5)c5ccccc5n6-c5c([2H])c([2H])c(-c6c([2H])c([2H])c([2H])c([2H])c6[2H])c([2H])c5[2H])ccc43)c2[2H])c([2H])c([2H])c1[2H]. The molecule has 0 fully saturated rings. The minimum Gasteiger partial charge on any atom is -0.309 e. The first-order valence-electron chi connectivity index (χ1n) is 24.3. The Morgan fingerprint density at radius 1 is 0.320 bits per heavy atom. The lowest BCUT2D eigenvalue weighted by Crippen LogP contribution is -1.94. The zero-order valence-corrected chi connectivity index (χ0v) is 26.1. The molecule has 2 heterocycles. The van der Waals surface area contributed by atoms with Crippen LogP contribution in [0.4, 0.5) is 0 Å². The van der Waals surface area contributed by atoms with Crippen LogP contribution in [0.2, 0.25) is 0 Å². The molecular formula is C48H32N2. The first-order chi connectivity index (χ1) is 31.9. The summed E-state index contributed by atoms with van der Waals surface area (Å²) in [4.78, 5) is 0. The number of aromatic nitrogens is 2. The van der Waals surface area contributed by atoms with E-state index in [0.29, 0.717) is 27.5 Å². The van der Waals surface area contributed by atoms with Gasteiger partial charge >= 0.3 is 0 Å². The molecule has 10 aromatic rings. The van der Waals surface area contributed by atoms with E-state index in [0.717, 1.165) is 33.4 Å². The molecule has 2 aromatic heterocycles. The van der Waals surface area contributed by atoms with Gasteiger partial charge in [0, 0.05) is 32.9 Å². The molecule has 0 spiro atoms. The van der Waals surface area contributed by atoms with Gasteiger partial charge in [0.05, 0.1) is 45.4 Å². The quantitative estimate of drug-likeness (QED) is 0.175. The number of rotatable bonds is 5. The molecule has 2 heteroatoms. The van der Waals surface area contributed by atoms with Crippen LogP contribution in [-0.2, 0) is 0 Å². The summed E-state index contributed by atoms with van der Waals surface area (Å²) in [5.41, 5.74) is 2.52. The van der Waals surface area contributed by atoms with Gasteiger partial charge in [-0.25, -0.2) is 0 Å². The average Bonchev–Trinajstić information content (AvgIpc) is 3.83.